The van der Waals surface area contributed by atoms with E-state index in [0.717, 1.165) is 0 Å². The minimum atomic E-state index is -1.31. The van der Waals surface area contributed by atoms with Crippen LogP contribution >= 0.6 is 34.8 Å². The number of pyridine rings is 1. The van der Waals surface area contributed by atoms with Gasteiger partial charge in [0.1, 0.15) is 5.56 Å². The van der Waals surface area contributed by atoms with Gasteiger partial charge < -0.3 is 9.67 Å². The number of aromatic nitrogens is 3. The normalized spacial score (nSPS) is 11.0. The van der Waals surface area contributed by atoms with Crippen LogP contribution in [-0.4, -0.2) is 25.4 Å². The van der Waals surface area contributed by atoms with Gasteiger partial charge in [0.15, 0.2) is 5.43 Å². The van der Waals surface area contributed by atoms with Crippen molar-refractivity contribution in [2.75, 3.05) is 0 Å². The van der Waals surface area contributed by atoms with E-state index in [0.29, 0.717) is 27.8 Å². The van der Waals surface area contributed by atoms with Crippen LogP contribution in [0.15, 0.2) is 41.5 Å². The van der Waals surface area contributed by atoms with Crippen molar-refractivity contribution in [1.29, 1.82) is 0 Å². The first-order chi connectivity index (χ1) is 12.8. The number of aromatic carboxylic acids is 1. The molecule has 0 aliphatic carbocycles. The lowest BCUT2D eigenvalue weighted by atomic mass is 10.0. The number of nitrogens with zero attached hydrogens (tertiary/aromatic N) is 3. The second-order valence-corrected chi connectivity index (χ2v) is 7.01. The Morgan fingerprint density at radius 1 is 1.19 bits per heavy atom. The lowest BCUT2D eigenvalue weighted by molar-refractivity contribution is 0.0695. The van der Waals surface area contributed by atoms with Gasteiger partial charge in [-0.05, 0) is 19.1 Å². The molecule has 2 aromatic heterocycles. The van der Waals surface area contributed by atoms with Crippen LogP contribution in [0.3, 0.4) is 0 Å². The van der Waals surface area contributed by atoms with Crippen LogP contribution in [-0.2, 0) is 13.1 Å². The maximum atomic E-state index is 12.6. The molecule has 27 heavy (non-hydrogen) atoms. The average Bonchev–Trinajstić information content (AvgIpc) is 3.01. The Kier molecular flexibility index (Phi) is 5.60. The molecule has 9 heteroatoms. The maximum absolute atomic E-state index is 12.6. The van der Waals surface area contributed by atoms with Crippen LogP contribution in [0.25, 0.3) is 11.3 Å². The summed E-state index contributed by atoms with van der Waals surface area (Å²) in [5, 5.41) is 14.8. The zero-order valence-electron chi connectivity index (χ0n) is 14.1. The number of hydrogen-bond acceptors (Lipinski definition) is 3. The molecule has 0 fully saturated rings. The Bertz CT molecular complexity index is 1090. The molecule has 0 atom stereocenters. The highest BCUT2D eigenvalue weighted by atomic mass is 35.5. The second kappa shape index (κ2) is 7.76. The van der Waals surface area contributed by atoms with Crippen molar-refractivity contribution in [1.82, 2.24) is 14.3 Å². The van der Waals surface area contributed by atoms with E-state index < -0.39 is 11.4 Å². The third-order valence-electron chi connectivity index (χ3n) is 4.05. The highest BCUT2D eigenvalue weighted by Crippen LogP contribution is 2.30. The third-order valence-corrected chi connectivity index (χ3v) is 4.98. The van der Waals surface area contributed by atoms with Crippen molar-refractivity contribution in [3.05, 3.63) is 73.2 Å². The highest BCUT2D eigenvalue weighted by molar-refractivity contribution is 6.42. The number of carboxylic acids is 1. The Morgan fingerprint density at radius 2 is 1.93 bits per heavy atom. The summed E-state index contributed by atoms with van der Waals surface area (Å²) < 4.78 is 3.32. The summed E-state index contributed by atoms with van der Waals surface area (Å²) in [5.41, 5.74) is 0.428. The number of hydrogen-bond donors (Lipinski definition) is 1. The summed E-state index contributed by atoms with van der Waals surface area (Å²) in [4.78, 5) is 24.4. The molecule has 0 saturated heterocycles. The Labute approximate surface area is 169 Å². The maximum Gasteiger partial charge on any atom is 0.341 e. The zero-order chi connectivity index (χ0) is 19.7. The van der Waals surface area contributed by atoms with E-state index >= 15 is 0 Å². The van der Waals surface area contributed by atoms with Gasteiger partial charge >= 0.3 is 5.97 Å². The molecule has 3 aromatic rings. The van der Waals surface area contributed by atoms with E-state index in [4.69, 9.17) is 34.8 Å². The molecule has 0 saturated carbocycles. The van der Waals surface area contributed by atoms with E-state index in [1.165, 1.54) is 12.3 Å². The van der Waals surface area contributed by atoms with E-state index in [2.05, 4.69) is 5.10 Å². The molecule has 0 aliphatic rings. The van der Waals surface area contributed by atoms with Crippen LogP contribution in [0, 0.1) is 0 Å². The number of rotatable bonds is 5. The van der Waals surface area contributed by atoms with Crippen LogP contribution in [0.4, 0.5) is 0 Å². The molecule has 3 rings (SSSR count). The Balaban J connectivity index is 2.29. The monoisotopic (exact) mass is 425 g/mol. The van der Waals surface area contributed by atoms with Gasteiger partial charge in [0.25, 0.3) is 0 Å². The molecule has 0 aliphatic heterocycles. The SMILES string of the molecule is CCn1c(Cn2cc(Cl)cn2)cc(=O)c(C(=O)O)c1-c1ccc(Cl)c(Cl)c1. The predicted molar refractivity (Wildman–Crippen MR) is 105 cm³/mol. The summed E-state index contributed by atoms with van der Waals surface area (Å²) in [5.74, 6) is -1.31. The largest absolute Gasteiger partial charge is 0.477 e. The van der Waals surface area contributed by atoms with Crippen LogP contribution < -0.4 is 5.43 Å². The number of carboxylic acid groups (broad SMARTS) is 1. The van der Waals surface area contributed by atoms with E-state index in [9.17, 15) is 14.7 Å². The van der Waals surface area contributed by atoms with Crippen LogP contribution in [0.1, 0.15) is 23.0 Å². The third kappa shape index (κ3) is 3.88. The van der Waals surface area contributed by atoms with Gasteiger partial charge in [0.05, 0.1) is 33.5 Å². The molecule has 6 nitrogen and oxygen atoms in total. The Hall–Kier alpha value is -2.28. The van der Waals surface area contributed by atoms with Crippen molar-refractivity contribution in [2.24, 2.45) is 0 Å². The van der Waals surface area contributed by atoms with Crippen molar-refractivity contribution in [3.8, 4) is 11.3 Å². The van der Waals surface area contributed by atoms with Gasteiger partial charge in [-0.1, -0.05) is 40.9 Å². The Morgan fingerprint density at radius 3 is 2.48 bits per heavy atom. The van der Waals surface area contributed by atoms with Gasteiger partial charge in [0.2, 0.25) is 0 Å². The average molecular weight is 427 g/mol. The van der Waals surface area contributed by atoms with E-state index in [1.807, 2.05) is 6.92 Å². The fourth-order valence-corrected chi connectivity index (χ4v) is 3.38. The van der Waals surface area contributed by atoms with Gasteiger partial charge in [0, 0.05) is 30.1 Å². The number of halogens is 3. The molecule has 0 radical (unpaired) electrons. The summed E-state index contributed by atoms with van der Waals surface area (Å²) >= 11 is 18.0. The van der Waals surface area contributed by atoms with Crippen LogP contribution in [0.2, 0.25) is 15.1 Å². The lowest BCUT2D eigenvalue weighted by Gasteiger charge is -2.20. The van der Waals surface area contributed by atoms with Crippen molar-refractivity contribution in [3.63, 3.8) is 0 Å². The van der Waals surface area contributed by atoms with Gasteiger partial charge in [-0.2, -0.15) is 5.10 Å². The molecule has 0 amide bonds. The minimum absolute atomic E-state index is 0.254. The van der Waals surface area contributed by atoms with Crippen molar-refractivity contribution >= 4 is 40.8 Å². The summed E-state index contributed by atoms with van der Waals surface area (Å²) in [6, 6.07) is 6.06. The minimum Gasteiger partial charge on any atom is -0.477 e. The first-order valence-electron chi connectivity index (χ1n) is 7.95. The molecule has 0 bridgehead atoms. The van der Waals surface area contributed by atoms with Gasteiger partial charge in [-0.3, -0.25) is 9.48 Å². The van der Waals surface area contributed by atoms with E-state index in [1.54, 1.807) is 33.6 Å². The van der Waals surface area contributed by atoms with E-state index in [-0.39, 0.29) is 22.8 Å². The van der Waals surface area contributed by atoms with Crippen LogP contribution in [0.5, 0.6) is 0 Å². The van der Waals surface area contributed by atoms with Crippen molar-refractivity contribution in [2.45, 2.75) is 20.0 Å². The predicted octanol–water partition coefficient (Wildman–Crippen LogP) is 4.44. The van der Waals surface area contributed by atoms with Crippen molar-refractivity contribution < 1.29 is 9.90 Å². The number of carbonyl (C=O) groups is 1. The molecule has 1 N–H and O–H groups in total. The lowest BCUT2D eigenvalue weighted by Crippen LogP contribution is -2.24. The van der Waals surface area contributed by atoms with Gasteiger partial charge in [-0.25, -0.2) is 4.79 Å². The molecule has 1 aromatic carbocycles. The summed E-state index contributed by atoms with van der Waals surface area (Å²) in [6.45, 7) is 2.54. The standard InChI is InChI=1S/C18H14Cl3N3O3/c1-2-24-12(9-23-8-11(19)7-22-23)6-15(25)16(18(26)27)17(24)10-3-4-13(20)14(21)5-10/h3-8H,2,9H2,1H3,(H,26,27). The zero-order valence-corrected chi connectivity index (χ0v) is 16.4. The quantitative estimate of drug-likeness (QED) is 0.654. The summed E-state index contributed by atoms with van der Waals surface area (Å²) in [6.07, 6.45) is 3.11. The first-order valence-corrected chi connectivity index (χ1v) is 9.08. The molecular formula is C18H14Cl3N3O3. The fourth-order valence-electron chi connectivity index (χ4n) is 2.93. The molecule has 2 heterocycles. The molecular weight excluding hydrogens is 413 g/mol. The molecule has 0 spiro atoms. The topological polar surface area (TPSA) is 77.1 Å². The second-order valence-electron chi connectivity index (χ2n) is 5.76. The number of benzene rings is 1. The molecule has 140 valence electrons. The molecule has 0 unspecified atom stereocenters. The smallest absolute Gasteiger partial charge is 0.341 e. The fraction of sp³-hybridized carbons (Fsp3) is 0.167. The first kappa shape index (κ1) is 19.5. The summed E-state index contributed by atoms with van der Waals surface area (Å²) in [7, 11) is 0. The highest BCUT2D eigenvalue weighted by Gasteiger charge is 2.22. The van der Waals surface area contributed by atoms with Gasteiger partial charge in [-0.15, -0.1) is 0 Å².